The van der Waals surface area contributed by atoms with Gasteiger partial charge < -0.3 is 10.2 Å². The molecule has 0 saturated carbocycles. The van der Waals surface area contributed by atoms with Crippen LogP contribution in [-0.2, 0) is 16.0 Å². The van der Waals surface area contributed by atoms with Crippen LogP contribution in [-0.4, -0.2) is 40.8 Å². The van der Waals surface area contributed by atoms with E-state index in [1.807, 2.05) is 47.5 Å². The molecule has 0 spiro atoms. The molecule has 0 radical (unpaired) electrons. The molecular weight excluding hydrogens is 434 g/mol. The molecule has 1 N–H and O–H groups in total. The number of hydrogen-bond acceptors (Lipinski definition) is 3. The van der Waals surface area contributed by atoms with E-state index in [-0.39, 0.29) is 29.7 Å². The van der Waals surface area contributed by atoms with E-state index in [1.165, 1.54) is 0 Å². The Bertz CT molecular complexity index is 970. The van der Waals surface area contributed by atoms with E-state index in [1.54, 1.807) is 6.20 Å². The molecule has 2 aromatic rings. The van der Waals surface area contributed by atoms with Gasteiger partial charge in [0.25, 0.3) is 0 Å². The monoisotopic (exact) mass is 465 g/mol. The predicted molar refractivity (Wildman–Crippen MR) is 131 cm³/mol. The number of hydrogen-bond donors (Lipinski definition) is 1. The van der Waals surface area contributed by atoms with Crippen molar-refractivity contribution in [2.45, 2.75) is 56.9 Å². The number of nitrogens with one attached hydrogen (secondary N) is 1. The fourth-order valence-electron chi connectivity index (χ4n) is 4.93. The summed E-state index contributed by atoms with van der Waals surface area (Å²) in [5.74, 6) is 0.0908. The minimum atomic E-state index is -0.283. The molecule has 2 unspecified atom stereocenters. The van der Waals surface area contributed by atoms with Crippen molar-refractivity contribution in [3.8, 4) is 0 Å². The lowest BCUT2D eigenvalue weighted by molar-refractivity contribution is -0.132. The van der Waals surface area contributed by atoms with E-state index in [0.717, 1.165) is 43.2 Å². The smallest absolute Gasteiger partial charge is 0.228 e. The molecule has 174 valence electrons. The maximum absolute atomic E-state index is 13.4. The molecule has 0 bridgehead atoms. The summed E-state index contributed by atoms with van der Waals surface area (Å²) in [5, 5.41) is 3.93. The van der Waals surface area contributed by atoms with Gasteiger partial charge in [0, 0.05) is 43.0 Å². The molecule has 33 heavy (non-hydrogen) atoms. The van der Waals surface area contributed by atoms with Crippen molar-refractivity contribution < 1.29 is 9.59 Å². The molecule has 1 fully saturated rings. The zero-order valence-corrected chi connectivity index (χ0v) is 19.7. The Morgan fingerprint density at radius 1 is 1.12 bits per heavy atom. The Hall–Kier alpha value is -2.66. The topological polar surface area (TPSA) is 62.3 Å². The summed E-state index contributed by atoms with van der Waals surface area (Å²) >= 11 is 6.50. The Morgan fingerprint density at radius 2 is 1.94 bits per heavy atom. The Labute approximate surface area is 201 Å². The highest BCUT2D eigenvalue weighted by Crippen LogP contribution is 2.36. The van der Waals surface area contributed by atoms with Crippen molar-refractivity contribution in [2.24, 2.45) is 5.92 Å². The minimum Gasteiger partial charge on any atom is -0.353 e. The zero-order chi connectivity index (χ0) is 23.0. The van der Waals surface area contributed by atoms with Crippen LogP contribution in [0, 0.1) is 5.92 Å². The highest BCUT2D eigenvalue weighted by atomic mass is 35.5. The number of rotatable bonds is 7. The second-order valence-corrected chi connectivity index (χ2v) is 9.45. The molecule has 1 aliphatic heterocycles. The third-order valence-electron chi connectivity index (χ3n) is 6.79. The number of aromatic nitrogens is 1. The summed E-state index contributed by atoms with van der Waals surface area (Å²) in [7, 11) is 0. The summed E-state index contributed by atoms with van der Waals surface area (Å²) in [6.45, 7) is 1.35. The van der Waals surface area contributed by atoms with Gasteiger partial charge in [-0.15, -0.1) is 0 Å². The van der Waals surface area contributed by atoms with Crippen LogP contribution >= 0.6 is 11.6 Å². The third-order valence-corrected chi connectivity index (χ3v) is 7.13. The number of likely N-dealkylation sites (tertiary alicyclic amines) is 1. The van der Waals surface area contributed by atoms with Gasteiger partial charge in [0.1, 0.15) is 0 Å². The second-order valence-electron chi connectivity index (χ2n) is 9.05. The molecule has 6 heteroatoms. The van der Waals surface area contributed by atoms with Crippen LogP contribution in [0.3, 0.4) is 0 Å². The number of nitrogens with zero attached hydrogens (tertiary/aromatic N) is 2. The molecule has 2 amide bonds. The maximum atomic E-state index is 13.4. The number of carbonyl (C=O) groups excluding carboxylic acids is 2. The largest absolute Gasteiger partial charge is 0.353 e. The average Bonchev–Trinajstić information content (AvgIpc) is 2.86. The van der Waals surface area contributed by atoms with Gasteiger partial charge in [-0.25, -0.2) is 0 Å². The number of piperidine rings is 1. The Kier molecular flexibility index (Phi) is 8.16. The summed E-state index contributed by atoms with van der Waals surface area (Å²) < 4.78 is 0. The number of pyridine rings is 1. The van der Waals surface area contributed by atoms with E-state index >= 15 is 0 Å². The van der Waals surface area contributed by atoms with Crippen molar-refractivity contribution in [1.82, 2.24) is 15.2 Å². The molecule has 1 aromatic carbocycles. The van der Waals surface area contributed by atoms with Gasteiger partial charge in [0.05, 0.1) is 5.92 Å². The van der Waals surface area contributed by atoms with Crippen molar-refractivity contribution in [1.29, 1.82) is 0 Å². The van der Waals surface area contributed by atoms with Gasteiger partial charge in [-0.05, 0) is 67.7 Å². The van der Waals surface area contributed by atoms with Gasteiger partial charge in [-0.2, -0.15) is 0 Å². The third kappa shape index (κ3) is 6.23. The molecule has 2 heterocycles. The van der Waals surface area contributed by atoms with E-state index in [4.69, 9.17) is 11.6 Å². The quantitative estimate of drug-likeness (QED) is 0.590. The Balaban J connectivity index is 1.33. The summed E-state index contributed by atoms with van der Waals surface area (Å²) in [5.41, 5.74) is 1.98. The molecule has 5 nitrogen and oxygen atoms in total. The van der Waals surface area contributed by atoms with Gasteiger partial charge in [-0.3, -0.25) is 14.6 Å². The maximum Gasteiger partial charge on any atom is 0.228 e. The van der Waals surface area contributed by atoms with Crippen LogP contribution in [0.4, 0.5) is 0 Å². The number of carbonyl (C=O) groups is 2. The van der Waals surface area contributed by atoms with Crippen LogP contribution in [0.1, 0.15) is 55.6 Å². The normalized spacial score (nSPS) is 19.8. The summed E-state index contributed by atoms with van der Waals surface area (Å²) in [6, 6.07) is 11.7. The first-order chi connectivity index (χ1) is 16.1. The number of benzene rings is 1. The van der Waals surface area contributed by atoms with Gasteiger partial charge in [-0.1, -0.05) is 48.0 Å². The van der Waals surface area contributed by atoms with Crippen LogP contribution in [0.15, 0.2) is 60.9 Å². The first-order valence-corrected chi connectivity index (χ1v) is 12.4. The Morgan fingerprint density at radius 3 is 2.64 bits per heavy atom. The average molecular weight is 466 g/mol. The van der Waals surface area contributed by atoms with Crippen molar-refractivity contribution in [2.75, 3.05) is 13.1 Å². The van der Waals surface area contributed by atoms with Crippen LogP contribution in [0.2, 0.25) is 5.02 Å². The summed E-state index contributed by atoms with van der Waals surface area (Å²) in [6.07, 6.45) is 13.8. The highest BCUT2D eigenvalue weighted by molar-refractivity contribution is 6.31. The highest BCUT2D eigenvalue weighted by Gasteiger charge is 2.33. The standard InChI is InChI=1S/C27H32ClN3O2/c28-24-11-5-4-10-23(24)26(21-8-2-1-3-9-21)27(33)30-22-14-17-31(18-15-22)25(32)13-12-20-7-6-16-29-19-20/h2,4-8,10-11,16,19,21-22,26H,1,3,9,12-15,17-18H2,(H,30,33). The van der Waals surface area contributed by atoms with Crippen LogP contribution in [0.25, 0.3) is 0 Å². The molecule has 2 aliphatic rings. The molecule has 1 aliphatic carbocycles. The van der Waals surface area contributed by atoms with Crippen molar-refractivity contribution in [3.05, 3.63) is 77.1 Å². The molecule has 1 saturated heterocycles. The molecule has 2 atom stereocenters. The van der Waals surface area contributed by atoms with Crippen LogP contribution in [0.5, 0.6) is 0 Å². The van der Waals surface area contributed by atoms with Crippen molar-refractivity contribution >= 4 is 23.4 Å². The molecule has 4 rings (SSSR count). The van der Waals surface area contributed by atoms with E-state index in [2.05, 4.69) is 22.5 Å². The van der Waals surface area contributed by atoms with E-state index in [9.17, 15) is 9.59 Å². The van der Waals surface area contributed by atoms with Crippen molar-refractivity contribution in [3.63, 3.8) is 0 Å². The lowest BCUT2D eigenvalue weighted by Crippen LogP contribution is -2.48. The fraction of sp³-hybridized carbons (Fsp3) is 0.444. The van der Waals surface area contributed by atoms with E-state index < -0.39 is 0 Å². The first kappa shape index (κ1) is 23.5. The lowest BCUT2D eigenvalue weighted by atomic mass is 9.79. The SMILES string of the molecule is O=C(NC1CCN(C(=O)CCc2cccnc2)CC1)C(c1ccccc1Cl)C1C=CCCC1. The van der Waals surface area contributed by atoms with Gasteiger partial charge in [0.2, 0.25) is 11.8 Å². The lowest BCUT2D eigenvalue weighted by Gasteiger charge is -2.34. The number of halogens is 1. The number of allylic oxidation sites excluding steroid dienone is 2. The van der Waals surface area contributed by atoms with Gasteiger partial charge in [0.15, 0.2) is 0 Å². The predicted octanol–water partition coefficient (Wildman–Crippen LogP) is 4.91. The zero-order valence-electron chi connectivity index (χ0n) is 19.0. The summed E-state index contributed by atoms with van der Waals surface area (Å²) in [4.78, 5) is 32.1. The molecular formula is C27H32ClN3O2. The van der Waals surface area contributed by atoms with Crippen LogP contribution < -0.4 is 5.32 Å². The number of aryl methyl sites for hydroxylation is 1. The molecule has 1 aromatic heterocycles. The van der Waals surface area contributed by atoms with Gasteiger partial charge >= 0.3 is 0 Å². The first-order valence-electron chi connectivity index (χ1n) is 12.0. The minimum absolute atomic E-state index is 0.0426. The number of amides is 2. The van der Waals surface area contributed by atoms with E-state index in [0.29, 0.717) is 31.0 Å². The fourth-order valence-corrected chi connectivity index (χ4v) is 5.18. The second kappa shape index (κ2) is 11.5.